The largest absolute Gasteiger partial charge is 0.351 e. The van der Waals surface area contributed by atoms with E-state index < -0.39 is 0 Å². The van der Waals surface area contributed by atoms with Gasteiger partial charge in [-0.15, -0.1) is 0 Å². The van der Waals surface area contributed by atoms with Gasteiger partial charge in [-0.1, -0.05) is 13.3 Å². The van der Waals surface area contributed by atoms with E-state index in [1.54, 1.807) is 0 Å². The zero-order valence-corrected chi connectivity index (χ0v) is 8.99. The lowest BCUT2D eigenvalue weighted by molar-refractivity contribution is 0.0946. The molecule has 0 aromatic carbocycles. The number of hydrogen-bond acceptors (Lipinski definition) is 3. The van der Waals surface area contributed by atoms with Gasteiger partial charge in [-0.2, -0.15) is 5.10 Å². The van der Waals surface area contributed by atoms with Crippen molar-refractivity contribution in [1.82, 2.24) is 15.1 Å². The molecule has 1 aromatic heterocycles. The summed E-state index contributed by atoms with van der Waals surface area (Å²) >= 11 is 0. The maximum absolute atomic E-state index is 11.5. The lowest BCUT2D eigenvalue weighted by Gasteiger charge is -2.03. The molecule has 1 N–H and O–H groups in total. The Morgan fingerprint density at radius 1 is 1.53 bits per heavy atom. The molecule has 0 spiro atoms. The minimum Gasteiger partial charge on any atom is -0.351 e. The Morgan fingerprint density at radius 3 is 2.87 bits per heavy atom. The van der Waals surface area contributed by atoms with Crippen LogP contribution < -0.4 is 10.9 Å². The fraction of sp³-hybridized carbons (Fsp3) is 0.500. The van der Waals surface area contributed by atoms with Gasteiger partial charge < -0.3 is 5.32 Å². The van der Waals surface area contributed by atoms with Crippen LogP contribution >= 0.6 is 0 Å². The van der Waals surface area contributed by atoms with E-state index in [0.29, 0.717) is 6.54 Å². The predicted molar refractivity (Wildman–Crippen MR) is 56.7 cm³/mol. The third-order valence-corrected chi connectivity index (χ3v) is 2.01. The number of nitrogens with one attached hydrogen (secondary N) is 1. The van der Waals surface area contributed by atoms with E-state index >= 15 is 0 Å². The highest BCUT2D eigenvalue weighted by Crippen LogP contribution is 1.90. The van der Waals surface area contributed by atoms with Crippen molar-refractivity contribution in [3.8, 4) is 0 Å². The van der Waals surface area contributed by atoms with Gasteiger partial charge in [0, 0.05) is 19.7 Å². The van der Waals surface area contributed by atoms with Crippen molar-refractivity contribution in [2.24, 2.45) is 7.05 Å². The molecule has 1 rings (SSSR count). The van der Waals surface area contributed by atoms with Crippen LogP contribution in [0.15, 0.2) is 16.9 Å². The van der Waals surface area contributed by atoms with Gasteiger partial charge >= 0.3 is 0 Å². The molecule has 1 heterocycles. The van der Waals surface area contributed by atoms with Gasteiger partial charge in [0.15, 0.2) is 0 Å². The topological polar surface area (TPSA) is 64.0 Å². The van der Waals surface area contributed by atoms with Gasteiger partial charge in [0.05, 0.1) is 0 Å². The first kappa shape index (κ1) is 11.4. The number of aryl methyl sites for hydroxylation is 1. The van der Waals surface area contributed by atoms with Gasteiger partial charge in [0.2, 0.25) is 0 Å². The number of aromatic nitrogens is 2. The maximum atomic E-state index is 11.5. The zero-order valence-electron chi connectivity index (χ0n) is 8.99. The summed E-state index contributed by atoms with van der Waals surface area (Å²) in [6.07, 6.45) is 1.97. The average molecular weight is 209 g/mol. The Kier molecular flexibility index (Phi) is 4.03. The van der Waals surface area contributed by atoms with E-state index in [2.05, 4.69) is 17.3 Å². The molecular formula is C10H15N3O2. The van der Waals surface area contributed by atoms with Crippen molar-refractivity contribution < 1.29 is 4.79 Å². The van der Waals surface area contributed by atoms with Gasteiger partial charge in [0.1, 0.15) is 5.69 Å². The van der Waals surface area contributed by atoms with Crippen molar-refractivity contribution in [3.63, 3.8) is 0 Å². The van der Waals surface area contributed by atoms with E-state index in [-0.39, 0.29) is 17.2 Å². The van der Waals surface area contributed by atoms with Crippen LogP contribution in [0.2, 0.25) is 0 Å². The van der Waals surface area contributed by atoms with Crippen molar-refractivity contribution in [3.05, 3.63) is 28.2 Å². The lowest BCUT2D eigenvalue weighted by atomic mass is 10.3. The minimum atomic E-state index is -0.237. The summed E-state index contributed by atoms with van der Waals surface area (Å²) in [4.78, 5) is 22.5. The fourth-order valence-corrected chi connectivity index (χ4v) is 1.09. The van der Waals surface area contributed by atoms with Crippen LogP contribution in [0.25, 0.3) is 0 Å². The van der Waals surface area contributed by atoms with E-state index in [0.717, 1.165) is 17.5 Å². The smallest absolute Gasteiger partial charge is 0.271 e. The molecule has 0 saturated heterocycles. The molecule has 1 aromatic rings. The monoisotopic (exact) mass is 209 g/mol. The molecule has 1 amide bonds. The van der Waals surface area contributed by atoms with Crippen LogP contribution in [0.1, 0.15) is 30.3 Å². The number of hydrogen-bond donors (Lipinski definition) is 1. The Balaban J connectivity index is 2.66. The highest BCUT2D eigenvalue weighted by atomic mass is 16.2. The van der Waals surface area contributed by atoms with Crippen LogP contribution in [0.4, 0.5) is 0 Å². The summed E-state index contributed by atoms with van der Waals surface area (Å²) in [5.41, 5.74) is 0.0494. The first-order valence-electron chi connectivity index (χ1n) is 4.97. The third kappa shape index (κ3) is 3.19. The van der Waals surface area contributed by atoms with Crippen LogP contribution in [-0.2, 0) is 7.05 Å². The summed E-state index contributed by atoms with van der Waals surface area (Å²) in [5, 5.41) is 6.57. The van der Waals surface area contributed by atoms with E-state index in [4.69, 9.17) is 0 Å². The second-order valence-corrected chi connectivity index (χ2v) is 3.29. The molecule has 15 heavy (non-hydrogen) atoms. The molecule has 0 atom stereocenters. The van der Waals surface area contributed by atoms with Gasteiger partial charge in [-0.25, -0.2) is 4.68 Å². The van der Waals surface area contributed by atoms with Crippen LogP contribution in [0.5, 0.6) is 0 Å². The Bertz CT molecular complexity index is 398. The van der Waals surface area contributed by atoms with Crippen LogP contribution in [0, 0.1) is 0 Å². The van der Waals surface area contributed by atoms with Crippen molar-refractivity contribution in [2.45, 2.75) is 19.8 Å². The summed E-state index contributed by atoms with van der Waals surface area (Å²) in [7, 11) is 1.52. The summed E-state index contributed by atoms with van der Waals surface area (Å²) in [6, 6.07) is 2.77. The molecule has 0 saturated carbocycles. The molecule has 0 aliphatic carbocycles. The highest BCUT2D eigenvalue weighted by Gasteiger charge is 2.06. The Hall–Kier alpha value is -1.65. The zero-order chi connectivity index (χ0) is 11.3. The summed E-state index contributed by atoms with van der Waals surface area (Å²) < 4.78 is 1.15. The molecule has 82 valence electrons. The molecule has 5 heteroatoms. The Morgan fingerprint density at radius 2 is 2.27 bits per heavy atom. The number of amides is 1. The lowest BCUT2D eigenvalue weighted by Crippen LogP contribution is -2.28. The number of rotatable bonds is 4. The molecular weight excluding hydrogens is 194 g/mol. The number of unbranched alkanes of at least 4 members (excludes halogenated alkanes) is 1. The molecule has 0 aliphatic rings. The fourth-order valence-electron chi connectivity index (χ4n) is 1.09. The van der Waals surface area contributed by atoms with Crippen LogP contribution in [0.3, 0.4) is 0 Å². The quantitative estimate of drug-likeness (QED) is 0.726. The van der Waals surface area contributed by atoms with E-state index in [1.165, 1.54) is 19.2 Å². The second kappa shape index (κ2) is 5.29. The molecule has 0 fully saturated rings. The standard InChI is InChI=1S/C10H15N3O2/c1-3-4-7-11-10(15)8-5-6-9(14)13(2)12-8/h5-6H,3-4,7H2,1-2H3,(H,11,15). The molecule has 5 nitrogen and oxygen atoms in total. The van der Waals surface area contributed by atoms with Gasteiger partial charge in [-0.05, 0) is 12.5 Å². The summed E-state index contributed by atoms with van der Waals surface area (Å²) in [6.45, 7) is 2.69. The molecule has 0 radical (unpaired) electrons. The number of carbonyl (C=O) groups is 1. The minimum absolute atomic E-state index is 0.222. The predicted octanol–water partition coefficient (Wildman–Crippen LogP) is 0.310. The van der Waals surface area contributed by atoms with Crippen molar-refractivity contribution >= 4 is 5.91 Å². The van der Waals surface area contributed by atoms with Gasteiger partial charge in [0.25, 0.3) is 11.5 Å². The highest BCUT2D eigenvalue weighted by molar-refractivity contribution is 5.91. The summed E-state index contributed by atoms with van der Waals surface area (Å²) in [5.74, 6) is -0.237. The SMILES string of the molecule is CCCCNC(=O)c1ccc(=O)n(C)n1. The third-order valence-electron chi connectivity index (χ3n) is 2.01. The normalized spacial score (nSPS) is 10.0. The van der Waals surface area contributed by atoms with Crippen LogP contribution in [-0.4, -0.2) is 22.2 Å². The average Bonchev–Trinajstić information content (AvgIpc) is 2.22. The Labute approximate surface area is 88.1 Å². The molecule has 0 bridgehead atoms. The van der Waals surface area contributed by atoms with Crippen molar-refractivity contribution in [2.75, 3.05) is 6.54 Å². The second-order valence-electron chi connectivity index (χ2n) is 3.29. The number of nitrogens with zero attached hydrogens (tertiary/aromatic N) is 2. The maximum Gasteiger partial charge on any atom is 0.271 e. The molecule has 0 unspecified atom stereocenters. The van der Waals surface area contributed by atoms with Gasteiger partial charge in [-0.3, -0.25) is 9.59 Å². The van der Waals surface area contributed by atoms with Crippen molar-refractivity contribution in [1.29, 1.82) is 0 Å². The first-order chi connectivity index (χ1) is 7.15. The van der Waals surface area contributed by atoms with E-state index in [9.17, 15) is 9.59 Å². The number of carbonyl (C=O) groups excluding carboxylic acids is 1. The first-order valence-corrected chi connectivity index (χ1v) is 4.97. The van der Waals surface area contributed by atoms with E-state index in [1.807, 2.05) is 0 Å². The molecule has 0 aliphatic heterocycles.